The Morgan fingerprint density at radius 2 is 2.05 bits per heavy atom. The molecule has 2 aromatic rings. The Hall–Kier alpha value is -1.46. The van der Waals surface area contributed by atoms with Crippen LogP contribution in [0.3, 0.4) is 0 Å². The van der Waals surface area contributed by atoms with Gasteiger partial charge in [-0.25, -0.2) is 0 Å². The van der Waals surface area contributed by atoms with Crippen molar-refractivity contribution in [3.8, 4) is 0 Å². The van der Waals surface area contributed by atoms with Gasteiger partial charge in [0.15, 0.2) is 0 Å². The van der Waals surface area contributed by atoms with E-state index in [0.717, 1.165) is 40.8 Å². The highest BCUT2D eigenvalue weighted by Crippen LogP contribution is 2.25. The molecule has 0 aromatic carbocycles. The molecule has 2 rings (SSSR count). The maximum atomic E-state index is 6.36. The lowest BCUT2D eigenvalue weighted by Gasteiger charge is -2.16. The molecular formula is C14H20ClN5. The fourth-order valence-corrected chi connectivity index (χ4v) is 2.41. The fourth-order valence-electron chi connectivity index (χ4n) is 2.19. The summed E-state index contributed by atoms with van der Waals surface area (Å²) in [6.45, 7) is 6.72. The number of halogens is 1. The van der Waals surface area contributed by atoms with Crippen molar-refractivity contribution in [1.82, 2.24) is 25.1 Å². The van der Waals surface area contributed by atoms with Gasteiger partial charge in [0, 0.05) is 19.2 Å². The topological polar surface area (TPSA) is 55.6 Å². The van der Waals surface area contributed by atoms with Crippen molar-refractivity contribution in [2.75, 3.05) is 7.05 Å². The van der Waals surface area contributed by atoms with Crippen molar-refractivity contribution in [1.29, 1.82) is 0 Å². The first-order chi connectivity index (χ1) is 9.56. The van der Waals surface area contributed by atoms with Crippen LogP contribution in [0.2, 0.25) is 5.02 Å². The van der Waals surface area contributed by atoms with E-state index in [9.17, 15) is 0 Å². The van der Waals surface area contributed by atoms with Gasteiger partial charge in [-0.15, -0.1) is 0 Å². The number of hydrogen-bond acceptors (Lipinski definition) is 4. The molecule has 0 aliphatic carbocycles. The molecule has 1 N–H and O–H groups in total. The summed E-state index contributed by atoms with van der Waals surface area (Å²) in [5.41, 5.74) is 3.73. The lowest BCUT2D eigenvalue weighted by atomic mass is 10.1. The molecular weight excluding hydrogens is 274 g/mol. The lowest BCUT2D eigenvalue weighted by Crippen LogP contribution is -2.22. The maximum Gasteiger partial charge on any atom is 0.0847 e. The van der Waals surface area contributed by atoms with Crippen LogP contribution < -0.4 is 5.32 Å². The van der Waals surface area contributed by atoms with E-state index < -0.39 is 0 Å². The number of hydrogen-bond donors (Lipinski definition) is 1. The summed E-state index contributed by atoms with van der Waals surface area (Å²) in [4.78, 5) is 8.74. The minimum Gasteiger partial charge on any atom is -0.311 e. The van der Waals surface area contributed by atoms with E-state index in [-0.39, 0.29) is 6.04 Å². The van der Waals surface area contributed by atoms with E-state index in [4.69, 9.17) is 11.6 Å². The summed E-state index contributed by atoms with van der Waals surface area (Å²) >= 11 is 6.36. The SMILES string of the molecule is CCn1nc(C)c(Cl)c1CC(NC)c1cnc(C)cn1. The van der Waals surface area contributed by atoms with Crippen LogP contribution in [0.4, 0.5) is 0 Å². The van der Waals surface area contributed by atoms with Crippen molar-refractivity contribution in [3.05, 3.63) is 40.2 Å². The molecule has 20 heavy (non-hydrogen) atoms. The predicted molar refractivity (Wildman–Crippen MR) is 79.9 cm³/mol. The minimum absolute atomic E-state index is 0.0713. The second-order valence-corrected chi connectivity index (χ2v) is 5.17. The largest absolute Gasteiger partial charge is 0.311 e. The Balaban J connectivity index is 2.28. The second-order valence-electron chi connectivity index (χ2n) is 4.79. The van der Waals surface area contributed by atoms with Crippen molar-refractivity contribution >= 4 is 11.6 Å². The average molecular weight is 294 g/mol. The molecule has 0 saturated heterocycles. The first-order valence-corrected chi connectivity index (χ1v) is 7.12. The van der Waals surface area contributed by atoms with Crippen molar-refractivity contribution < 1.29 is 0 Å². The number of aryl methyl sites for hydroxylation is 3. The molecule has 0 bridgehead atoms. The van der Waals surface area contributed by atoms with Crippen LogP contribution in [-0.4, -0.2) is 26.8 Å². The van der Waals surface area contributed by atoms with Gasteiger partial charge in [0.05, 0.1) is 40.0 Å². The van der Waals surface area contributed by atoms with E-state index >= 15 is 0 Å². The smallest absolute Gasteiger partial charge is 0.0847 e. The molecule has 108 valence electrons. The van der Waals surface area contributed by atoms with E-state index in [2.05, 4.69) is 27.3 Å². The molecule has 2 aromatic heterocycles. The van der Waals surface area contributed by atoms with Crippen molar-refractivity contribution in [3.63, 3.8) is 0 Å². The Kier molecular flexibility index (Phi) is 4.73. The van der Waals surface area contributed by atoms with Crippen LogP contribution in [0.25, 0.3) is 0 Å². The molecule has 0 spiro atoms. The minimum atomic E-state index is 0.0713. The number of nitrogens with zero attached hydrogens (tertiary/aromatic N) is 4. The zero-order chi connectivity index (χ0) is 14.7. The molecule has 1 atom stereocenters. The third kappa shape index (κ3) is 2.99. The normalized spacial score (nSPS) is 12.7. The molecule has 2 heterocycles. The number of aromatic nitrogens is 4. The molecule has 5 nitrogen and oxygen atoms in total. The number of likely N-dealkylation sites (N-methyl/N-ethyl adjacent to an activating group) is 1. The van der Waals surface area contributed by atoms with Crippen LogP contribution in [0.5, 0.6) is 0 Å². The van der Waals surface area contributed by atoms with Crippen LogP contribution in [0.15, 0.2) is 12.4 Å². The summed E-state index contributed by atoms with van der Waals surface area (Å²) in [6, 6.07) is 0.0713. The second kappa shape index (κ2) is 6.33. The first-order valence-electron chi connectivity index (χ1n) is 6.74. The summed E-state index contributed by atoms with van der Waals surface area (Å²) in [6.07, 6.45) is 4.33. The fraction of sp³-hybridized carbons (Fsp3) is 0.500. The molecule has 0 saturated carbocycles. The van der Waals surface area contributed by atoms with Crippen LogP contribution in [0, 0.1) is 13.8 Å². The Labute approximate surface area is 124 Å². The average Bonchev–Trinajstić information content (AvgIpc) is 2.73. The molecule has 6 heteroatoms. The van der Waals surface area contributed by atoms with Gasteiger partial charge in [-0.3, -0.25) is 14.6 Å². The highest BCUT2D eigenvalue weighted by Gasteiger charge is 2.19. The van der Waals surface area contributed by atoms with E-state index in [1.807, 2.05) is 31.8 Å². The molecule has 0 aliphatic heterocycles. The molecule has 0 fully saturated rings. The van der Waals surface area contributed by atoms with E-state index in [1.54, 1.807) is 6.20 Å². The van der Waals surface area contributed by atoms with Crippen molar-refractivity contribution in [2.24, 2.45) is 0 Å². The van der Waals surface area contributed by atoms with Gasteiger partial charge in [-0.1, -0.05) is 11.6 Å². The quantitative estimate of drug-likeness (QED) is 0.920. The summed E-state index contributed by atoms with van der Waals surface area (Å²) in [5, 5.41) is 8.46. The monoisotopic (exact) mass is 293 g/mol. The third-order valence-electron chi connectivity index (χ3n) is 3.36. The van der Waals surface area contributed by atoms with Crippen LogP contribution >= 0.6 is 11.6 Å². The lowest BCUT2D eigenvalue weighted by molar-refractivity contribution is 0.530. The highest BCUT2D eigenvalue weighted by molar-refractivity contribution is 6.31. The predicted octanol–water partition coefficient (Wildman–Crippen LogP) is 2.47. The van der Waals surface area contributed by atoms with Gasteiger partial charge in [0.25, 0.3) is 0 Å². The number of rotatable bonds is 5. The molecule has 1 unspecified atom stereocenters. The standard InChI is InChI=1S/C14H20ClN5/c1-5-20-13(14(15)10(3)19-20)6-11(16-4)12-8-17-9(2)7-18-12/h7-8,11,16H,5-6H2,1-4H3. The van der Waals surface area contributed by atoms with E-state index in [0.29, 0.717) is 0 Å². The third-order valence-corrected chi connectivity index (χ3v) is 3.85. The van der Waals surface area contributed by atoms with Gasteiger partial charge >= 0.3 is 0 Å². The zero-order valence-corrected chi connectivity index (χ0v) is 13.1. The van der Waals surface area contributed by atoms with Crippen LogP contribution in [0.1, 0.15) is 35.7 Å². The number of nitrogens with one attached hydrogen (secondary N) is 1. The van der Waals surface area contributed by atoms with Gasteiger partial charge in [-0.2, -0.15) is 5.10 Å². The Morgan fingerprint density at radius 1 is 1.30 bits per heavy atom. The van der Waals surface area contributed by atoms with Crippen molar-refractivity contribution in [2.45, 2.75) is 39.8 Å². The Bertz CT molecular complexity index is 576. The van der Waals surface area contributed by atoms with Gasteiger partial charge in [-0.05, 0) is 27.8 Å². The summed E-state index contributed by atoms with van der Waals surface area (Å²) < 4.78 is 1.95. The first kappa shape index (κ1) is 14.9. The zero-order valence-electron chi connectivity index (χ0n) is 12.3. The highest BCUT2D eigenvalue weighted by atomic mass is 35.5. The van der Waals surface area contributed by atoms with Crippen LogP contribution in [-0.2, 0) is 13.0 Å². The molecule has 0 amide bonds. The van der Waals surface area contributed by atoms with E-state index in [1.165, 1.54) is 0 Å². The van der Waals surface area contributed by atoms with Gasteiger partial charge in [0.2, 0.25) is 0 Å². The summed E-state index contributed by atoms with van der Waals surface area (Å²) in [7, 11) is 1.92. The van der Waals surface area contributed by atoms with Gasteiger partial charge in [0.1, 0.15) is 0 Å². The summed E-state index contributed by atoms with van der Waals surface area (Å²) in [5.74, 6) is 0. The maximum absolute atomic E-state index is 6.36. The Morgan fingerprint density at radius 3 is 2.60 bits per heavy atom. The van der Waals surface area contributed by atoms with Gasteiger partial charge < -0.3 is 5.32 Å². The molecule has 0 aliphatic rings. The molecule has 0 radical (unpaired) electrons.